The third-order valence-corrected chi connectivity index (χ3v) is 8.15. The normalized spacial score (nSPS) is 23.6. The Kier molecular flexibility index (Phi) is 8.43. The Bertz CT molecular complexity index is 972. The highest BCUT2D eigenvalue weighted by molar-refractivity contribution is 5.79. The van der Waals surface area contributed by atoms with Gasteiger partial charge < -0.3 is 4.74 Å². The molecule has 1 saturated carbocycles. The first-order valence-electron chi connectivity index (χ1n) is 13.2. The van der Waals surface area contributed by atoms with Crippen LogP contribution in [0.3, 0.4) is 0 Å². The molecule has 0 amide bonds. The summed E-state index contributed by atoms with van der Waals surface area (Å²) in [6.45, 7) is 6.97. The zero-order valence-electron chi connectivity index (χ0n) is 21.1. The Morgan fingerprint density at radius 2 is 1.56 bits per heavy atom. The molecular formula is C32H40O2. The number of ether oxygens (including phenoxy) is 1. The molecule has 0 saturated heterocycles. The molecular weight excluding hydrogens is 416 g/mol. The van der Waals surface area contributed by atoms with E-state index < -0.39 is 0 Å². The minimum Gasteiger partial charge on any atom is -0.464 e. The second-order valence-electron chi connectivity index (χ2n) is 10.2. The van der Waals surface area contributed by atoms with Gasteiger partial charge in [0.2, 0.25) is 0 Å². The van der Waals surface area contributed by atoms with Crippen LogP contribution in [0.1, 0.15) is 76.3 Å². The third kappa shape index (κ3) is 5.22. The number of rotatable bonds is 8. The summed E-state index contributed by atoms with van der Waals surface area (Å²) in [6, 6.07) is 17.1. The van der Waals surface area contributed by atoms with Crippen molar-refractivity contribution in [3.63, 3.8) is 0 Å². The molecule has 180 valence electrons. The van der Waals surface area contributed by atoms with Gasteiger partial charge in [-0.25, -0.2) is 0 Å². The average molecular weight is 457 g/mol. The number of hydrogen-bond acceptors (Lipinski definition) is 2. The van der Waals surface area contributed by atoms with Crippen molar-refractivity contribution in [1.29, 1.82) is 0 Å². The van der Waals surface area contributed by atoms with Crippen molar-refractivity contribution < 1.29 is 9.53 Å². The Hall–Kier alpha value is -2.61. The summed E-state index contributed by atoms with van der Waals surface area (Å²) in [6.07, 6.45) is 15.4. The summed E-state index contributed by atoms with van der Waals surface area (Å²) in [5.74, 6) is 1.62. The molecule has 1 fully saturated rings. The summed E-state index contributed by atoms with van der Waals surface area (Å²) in [5.41, 5.74) is 5.11. The molecule has 0 radical (unpaired) electrons. The number of benzene rings is 2. The Morgan fingerprint density at radius 1 is 0.941 bits per heavy atom. The Morgan fingerprint density at radius 3 is 2.21 bits per heavy atom. The highest BCUT2D eigenvalue weighted by atomic mass is 16.5. The lowest BCUT2D eigenvalue weighted by Gasteiger charge is -2.34. The van der Waals surface area contributed by atoms with E-state index >= 15 is 0 Å². The van der Waals surface area contributed by atoms with Crippen LogP contribution in [0.25, 0.3) is 11.1 Å². The van der Waals surface area contributed by atoms with E-state index in [9.17, 15) is 4.79 Å². The van der Waals surface area contributed by atoms with E-state index in [0.29, 0.717) is 24.4 Å². The van der Waals surface area contributed by atoms with E-state index in [4.69, 9.17) is 4.74 Å². The number of fused-ring (bicyclic) bond motifs is 3. The predicted molar refractivity (Wildman–Crippen MR) is 142 cm³/mol. The van der Waals surface area contributed by atoms with Crippen molar-refractivity contribution in [2.75, 3.05) is 6.61 Å². The van der Waals surface area contributed by atoms with Crippen LogP contribution >= 0.6 is 0 Å². The molecule has 4 atom stereocenters. The van der Waals surface area contributed by atoms with Gasteiger partial charge in [-0.2, -0.15) is 0 Å². The monoisotopic (exact) mass is 456 g/mol. The third-order valence-electron chi connectivity index (χ3n) is 8.15. The number of allylic oxidation sites excluding steroid dienone is 4. The van der Waals surface area contributed by atoms with E-state index in [1.54, 1.807) is 0 Å². The molecule has 4 rings (SSSR count). The molecule has 2 aromatic rings. The Balaban J connectivity index is 1.52. The molecule has 0 heterocycles. The number of esters is 1. The quantitative estimate of drug-likeness (QED) is 0.227. The van der Waals surface area contributed by atoms with Gasteiger partial charge in [0, 0.05) is 5.92 Å². The van der Waals surface area contributed by atoms with Crippen molar-refractivity contribution in [1.82, 2.24) is 0 Å². The van der Waals surface area contributed by atoms with Crippen LogP contribution in [-0.4, -0.2) is 12.6 Å². The van der Waals surface area contributed by atoms with Gasteiger partial charge in [-0.1, -0.05) is 92.6 Å². The summed E-state index contributed by atoms with van der Waals surface area (Å²) >= 11 is 0. The van der Waals surface area contributed by atoms with Gasteiger partial charge in [-0.05, 0) is 79.5 Å². The maximum atomic E-state index is 13.6. The van der Waals surface area contributed by atoms with Gasteiger partial charge in [-0.15, -0.1) is 0 Å². The van der Waals surface area contributed by atoms with Crippen LogP contribution in [0, 0.1) is 23.7 Å². The van der Waals surface area contributed by atoms with Crippen LogP contribution in [-0.2, 0) is 9.53 Å². The van der Waals surface area contributed by atoms with E-state index in [1.807, 2.05) is 0 Å². The molecule has 2 nitrogen and oxygen atoms in total. The standard InChI is InChI=1S/C32H40O2/c1-4-6-14-23(3)24-16-8-13-21-30(25(24)15-7-5-2)32(33)34-22-31-28-19-11-9-17-26(28)27-18-10-12-20-29(27)31/h4-7,9-12,17-20,23-25,30-31H,8,13-16,21-22H2,1-3H3. The maximum absolute atomic E-state index is 13.6. The average Bonchev–Trinajstić information content (AvgIpc) is 3.02. The minimum absolute atomic E-state index is 0.0105. The van der Waals surface area contributed by atoms with Gasteiger partial charge in [0.15, 0.2) is 0 Å². The molecule has 2 aromatic carbocycles. The first-order valence-corrected chi connectivity index (χ1v) is 13.2. The Labute approximate surface area is 206 Å². The molecule has 2 aliphatic rings. The first-order chi connectivity index (χ1) is 16.7. The van der Waals surface area contributed by atoms with E-state index in [2.05, 4.69) is 93.6 Å². The lowest BCUT2D eigenvalue weighted by Crippen LogP contribution is -2.33. The zero-order valence-corrected chi connectivity index (χ0v) is 21.1. The summed E-state index contributed by atoms with van der Waals surface area (Å²) in [5, 5.41) is 0. The smallest absolute Gasteiger partial charge is 0.309 e. The molecule has 4 unspecified atom stereocenters. The minimum atomic E-state index is -0.0105. The molecule has 2 aliphatic carbocycles. The second kappa shape index (κ2) is 11.7. The van der Waals surface area contributed by atoms with Crippen LogP contribution in [0.4, 0.5) is 0 Å². The number of carbonyl (C=O) groups excluding carboxylic acids is 1. The number of hydrogen-bond donors (Lipinski definition) is 0. The van der Waals surface area contributed by atoms with Crippen molar-refractivity contribution in [3.8, 4) is 11.1 Å². The summed E-state index contributed by atoms with van der Waals surface area (Å²) < 4.78 is 6.18. The molecule has 0 aliphatic heterocycles. The molecule has 0 bridgehead atoms. The molecule has 34 heavy (non-hydrogen) atoms. The van der Waals surface area contributed by atoms with Gasteiger partial charge in [0.1, 0.15) is 6.61 Å². The van der Waals surface area contributed by atoms with Crippen LogP contribution < -0.4 is 0 Å². The predicted octanol–water partition coefficient (Wildman–Crippen LogP) is 8.33. The number of carbonyl (C=O) groups is 1. The van der Waals surface area contributed by atoms with Crippen LogP contribution in [0.5, 0.6) is 0 Å². The van der Waals surface area contributed by atoms with E-state index in [1.165, 1.54) is 35.1 Å². The topological polar surface area (TPSA) is 26.3 Å². The van der Waals surface area contributed by atoms with Crippen LogP contribution in [0.2, 0.25) is 0 Å². The zero-order chi connectivity index (χ0) is 23.9. The summed E-state index contributed by atoms with van der Waals surface area (Å²) in [7, 11) is 0. The van der Waals surface area contributed by atoms with Crippen molar-refractivity contribution in [2.45, 2.75) is 65.2 Å². The lowest BCUT2D eigenvalue weighted by atomic mass is 9.72. The molecule has 0 N–H and O–H groups in total. The molecule has 0 aromatic heterocycles. The van der Waals surface area contributed by atoms with Gasteiger partial charge in [0.25, 0.3) is 0 Å². The SMILES string of the molecule is CC=CCC(C)C1CCCCC(C(=O)OCC2c3ccccc3-c3ccccc32)C1CC=CC. The fraction of sp³-hybridized carbons (Fsp3) is 0.469. The van der Waals surface area contributed by atoms with Gasteiger partial charge in [-0.3, -0.25) is 4.79 Å². The summed E-state index contributed by atoms with van der Waals surface area (Å²) in [4.78, 5) is 13.6. The molecule has 0 spiro atoms. The first kappa shape index (κ1) is 24.5. The maximum Gasteiger partial charge on any atom is 0.309 e. The second-order valence-corrected chi connectivity index (χ2v) is 10.2. The lowest BCUT2D eigenvalue weighted by molar-refractivity contribution is -0.152. The fourth-order valence-electron chi connectivity index (χ4n) is 6.34. The fourth-order valence-corrected chi connectivity index (χ4v) is 6.34. The molecule has 2 heteroatoms. The van der Waals surface area contributed by atoms with Crippen LogP contribution in [0.15, 0.2) is 72.8 Å². The van der Waals surface area contributed by atoms with Crippen molar-refractivity contribution in [2.24, 2.45) is 23.7 Å². The highest BCUT2D eigenvalue weighted by Gasteiger charge is 2.39. The van der Waals surface area contributed by atoms with Gasteiger partial charge in [0.05, 0.1) is 5.92 Å². The van der Waals surface area contributed by atoms with E-state index in [-0.39, 0.29) is 17.8 Å². The highest BCUT2D eigenvalue weighted by Crippen LogP contribution is 2.45. The largest absolute Gasteiger partial charge is 0.464 e. The van der Waals surface area contributed by atoms with Gasteiger partial charge >= 0.3 is 5.97 Å². The van der Waals surface area contributed by atoms with Crippen molar-refractivity contribution in [3.05, 3.63) is 84.0 Å². The van der Waals surface area contributed by atoms with E-state index in [0.717, 1.165) is 25.7 Å². The van der Waals surface area contributed by atoms with Crippen molar-refractivity contribution >= 4 is 5.97 Å².